The molecule has 0 heterocycles. The van der Waals surface area contributed by atoms with Gasteiger partial charge in [-0.25, -0.2) is 13.6 Å². The molecule has 0 atom stereocenters. The maximum atomic E-state index is 13.5. The van der Waals surface area contributed by atoms with Crippen molar-refractivity contribution in [1.82, 2.24) is 4.90 Å². The topological polar surface area (TPSA) is 52.6 Å². The molecule has 0 unspecified atom stereocenters. The number of nitrogens with one attached hydrogen (secondary N) is 1. The lowest BCUT2D eigenvalue weighted by Crippen LogP contribution is -2.25. The van der Waals surface area contributed by atoms with Crippen molar-refractivity contribution in [3.63, 3.8) is 0 Å². The average Bonchev–Trinajstić information content (AvgIpc) is 2.31. The molecule has 4 nitrogen and oxygen atoms in total. The number of aromatic carboxylic acids is 1. The zero-order chi connectivity index (χ0) is 13.7. The van der Waals surface area contributed by atoms with Gasteiger partial charge >= 0.3 is 5.97 Å². The lowest BCUT2D eigenvalue weighted by molar-refractivity contribution is 0.0696. The summed E-state index contributed by atoms with van der Waals surface area (Å²) in [6, 6.07) is 1.61. The molecular weight excluding hydrogens is 242 g/mol. The molecule has 0 aliphatic rings. The Bertz CT molecular complexity index is 415. The molecule has 1 aromatic carbocycles. The van der Waals surface area contributed by atoms with Gasteiger partial charge in [-0.2, -0.15) is 0 Å². The molecule has 0 aliphatic carbocycles. The molecule has 1 aromatic rings. The summed E-state index contributed by atoms with van der Waals surface area (Å²) in [5.74, 6) is -3.15. The second-order valence-corrected chi connectivity index (χ2v) is 3.94. The molecule has 6 heteroatoms. The highest BCUT2D eigenvalue weighted by molar-refractivity contribution is 5.88. The van der Waals surface area contributed by atoms with Crippen LogP contribution in [0.25, 0.3) is 0 Å². The van der Waals surface area contributed by atoms with Crippen LogP contribution >= 0.6 is 0 Å². The molecule has 0 spiro atoms. The summed E-state index contributed by atoms with van der Waals surface area (Å²) in [4.78, 5) is 12.6. The molecular formula is C12H16F2N2O2. The number of benzene rings is 1. The summed E-state index contributed by atoms with van der Waals surface area (Å²) < 4.78 is 27.0. The smallest absolute Gasteiger partial charge is 0.335 e. The number of carboxylic acid groups (broad SMARTS) is 1. The van der Waals surface area contributed by atoms with Gasteiger partial charge in [0.25, 0.3) is 0 Å². The van der Waals surface area contributed by atoms with Gasteiger partial charge in [0.2, 0.25) is 0 Å². The number of anilines is 1. The van der Waals surface area contributed by atoms with Crippen LogP contribution in [0.4, 0.5) is 14.5 Å². The predicted octanol–water partition coefficient (Wildman–Crippen LogP) is 2.03. The molecule has 2 N–H and O–H groups in total. The SMILES string of the molecule is CCN(C)CCNc1c(F)cc(C(=O)O)cc1F. The first kappa shape index (κ1) is 14.4. The fraction of sp³-hybridized carbons (Fsp3) is 0.417. The third-order valence-electron chi connectivity index (χ3n) is 2.62. The Morgan fingerprint density at radius 2 is 1.94 bits per heavy atom. The Kier molecular flexibility index (Phi) is 5.03. The van der Waals surface area contributed by atoms with Crippen molar-refractivity contribution >= 4 is 11.7 Å². The van der Waals surface area contributed by atoms with Crippen molar-refractivity contribution in [3.8, 4) is 0 Å². The predicted molar refractivity (Wildman–Crippen MR) is 65.0 cm³/mol. The standard InChI is InChI=1S/C12H16F2N2O2/c1-3-16(2)5-4-15-11-9(13)6-8(12(17)18)7-10(11)14/h6-7,15H,3-5H2,1-2H3,(H,17,18). The van der Waals surface area contributed by atoms with Crippen LogP contribution in [0.5, 0.6) is 0 Å². The van der Waals surface area contributed by atoms with Crippen molar-refractivity contribution < 1.29 is 18.7 Å². The average molecular weight is 258 g/mol. The van der Waals surface area contributed by atoms with Gasteiger partial charge < -0.3 is 15.3 Å². The monoisotopic (exact) mass is 258 g/mol. The minimum Gasteiger partial charge on any atom is -0.478 e. The Morgan fingerprint density at radius 3 is 2.39 bits per heavy atom. The number of carboxylic acids is 1. The minimum absolute atomic E-state index is 0.287. The van der Waals surface area contributed by atoms with Gasteiger partial charge in [-0.15, -0.1) is 0 Å². The molecule has 0 amide bonds. The van der Waals surface area contributed by atoms with E-state index in [0.29, 0.717) is 13.1 Å². The van der Waals surface area contributed by atoms with Crippen molar-refractivity contribution in [2.24, 2.45) is 0 Å². The third-order valence-corrected chi connectivity index (χ3v) is 2.62. The van der Waals surface area contributed by atoms with E-state index in [0.717, 1.165) is 18.7 Å². The fourth-order valence-electron chi connectivity index (χ4n) is 1.40. The van der Waals surface area contributed by atoms with Crippen LogP contribution in [-0.4, -0.2) is 42.7 Å². The first-order chi connectivity index (χ1) is 8.45. The third kappa shape index (κ3) is 3.66. The number of likely N-dealkylation sites (N-methyl/N-ethyl adjacent to an activating group) is 1. The fourth-order valence-corrected chi connectivity index (χ4v) is 1.40. The van der Waals surface area contributed by atoms with Crippen LogP contribution in [-0.2, 0) is 0 Å². The van der Waals surface area contributed by atoms with Gasteiger partial charge in [0.15, 0.2) is 0 Å². The van der Waals surface area contributed by atoms with E-state index in [1.54, 1.807) is 0 Å². The second kappa shape index (κ2) is 6.30. The Balaban J connectivity index is 2.75. The maximum Gasteiger partial charge on any atom is 0.335 e. The number of rotatable bonds is 6. The van der Waals surface area contributed by atoms with E-state index < -0.39 is 23.2 Å². The molecule has 0 saturated carbocycles. The van der Waals surface area contributed by atoms with Crippen LogP contribution in [0.2, 0.25) is 0 Å². The van der Waals surface area contributed by atoms with Crippen LogP contribution in [0, 0.1) is 11.6 Å². The Morgan fingerprint density at radius 1 is 1.39 bits per heavy atom. The largest absolute Gasteiger partial charge is 0.478 e. The molecule has 18 heavy (non-hydrogen) atoms. The van der Waals surface area contributed by atoms with Gasteiger partial charge in [-0.05, 0) is 25.7 Å². The van der Waals surface area contributed by atoms with Crippen LogP contribution in [0.3, 0.4) is 0 Å². The van der Waals surface area contributed by atoms with Crippen LogP contribution in [0.15, 0.2) is 12.1 Å². The Hall–Kier alpha value is -1.69. The zero-order valence-corrected chi connectivity index (χ0v) is 10.3. The second-order valence-electron chi connectivity index (χ2n) is 3.94. The van der Waals surface area contributed by atoms with E-state index in [4.69, 9.17) is 5.11 Å². The van der Waals surface area contributed by atoms with Gasteiger partial charge in [0, 0.05) is 13.1 Å². The summed E-state index contributed by atoms with van der Waals surface area (Å²) in [6.45, 7) is 3.83. The van der Waals surface area contributed by atoms with E-state index in [2.05, 4.69) is 5.32 Å². The lowest BCUT2D eigenvalue weighted by atomic mass is 10.2. The highest BCUT2D eigenvalue weighted by Crippen LogP contribution is 2.20. The summed E-state index contributed by atoms with van der Waals surface area (Å²) >= 11 is 0. The molecule has 0 bridgehead atoms. The summed E-state index contributed by atoms with van der Waals surface area (Å²) in [7, 11) is 1.89. The molecule has 0 radical (unpaired) electrons. The first-order valence-electron chi connectivity index (χ1n) is 5.60. The highest BCUT2D eigenvalue weighted by atomic mass is 19.1. The first-order valence-corrected chi connectivity index (χ1v) is 5.60. The molecule has 0 saturated heterocycles. The number of hydrogen-bond donors (Lipinski definition) is 2. The minimum atomic E-state index is -1.36. The van der Waals surface area contributed by atoms with E-state index >= 15 is 0 Å². The van der Waals surface area contributed by atoms with E-state index in [-0.39, 0.29) is 5.69 Å². The molecule has 100 valence electrons. The lowest BCUT2D eigenvalue weighted by Gasteiger charge is -2.15. The van der Waals surface area contributed by atoms with E-state index in [1.165, 1.54) is 0 Å². The highest BCUT2D eigenvalue weighted by Gasteiger charge is 2.14. The van der Waals surface area contributed by atoms with Gasteiger partial charge in [0.1, 0.15) is 17.3 Å². The normalized spacial score (nSPS) is 10.7. The van der Waals surface area contributed by atoms with Gasteiger partial charge in [-0.3, -0.25) is 0 Å². The number of nitrogens with zero attached hydrogens (tertiary/aromatic N) is 1. The molecule has 0 aliphatic heterocycles. The number of carbonyl (C=O) groups is 1. The Labute approximate surface area is 104 Å². The molecule has 0 fully saturated rings. The van der Waals surface area contributed by atoms with Crippen LogP contribution < -0.4 is 5.32 Å². The summed E-state index contributed by atoms with van der Waals surface area (Å²) in [5.41, 5.74) is -0.689. The van der Waals surface area contributed by atoms with Gasteiger partial charge in [-0.1, -0.05) is 6.92 Å². The van der Waals surface area contributed by atoms with Crippen molar-refractivity contribution in [1.29, 1.82) is 0 Å². The number of hydrogen-bond acceptors (Lipinski definition) is 3. The van der Waals surface area contributed by atoms with E-state index in [9.17, 15) is 13.6 Å². The molecule has 1 rings (SSSR count). The quantitative estimate of drug-likeness (QED) is 0.819. The van der Waals surface area contributed by atoms with Gasteiger partial charge in [0.05, 0.1) is 5.56 Å². The van der Waals surface area contributed by atoms with E-state index in [1.807, 2.05) is 18.9 Å². The van der Waals surface area contributed by atoms with Crippen LogP contribution in [0.1, 0.15) is 17.3 Å². The summed E-state index contributed by atoms with van der Waals surface area (Å²) in [5, 5.41) is 11.3. The van der Waals surface area contributed by atoms with Crippen molar-refractivity contribution in [2.75, 3.05) is 32.0 Å². The van der Waals surface area contributed by atoms with Crippen molar-refractivity contribution in [3.05, 3.63) is 29.3 Å². The maximum absolute atomic E-state index is 13.5. The van der Waals surface area contributed by atoms with Crippen molar-refractivity contribution in [2.45, 2.75) is 6.92 Å². The zero-order valence-electron chi connectivity index (χ0n) is 10.3. The number of halogens is 2. The molecule has 0 aromatic heterocycles. The summed E-state index contributed by atoms with van der Waals surface area (Å²) in [6.07, 6.45) is 0.